The fourth-order valence-electron chi connectivity index (χ4n) is 8.96. The summed E-state index contributed by atoms with van der Waals surface area (Å²) in [5, 5.41) is 29.9. The molecule has 0 radical (unpaired) electrons. The van der Waals surface area contributed by atoms with Gasteiger partial charge in [0.25, 0.3) is 0 Å². The number of fused-ring (bicyclic) bond motifs is 5. The lowest BCUT2D eigenvalue weighted by Gasteiger charge is -2.61. The van der Waals surface area contributed by atoms with Gasteiger partial charge in [-0.1, -0.05) is 20.8 Å². The normalized spacial score (nSPS) is 48.1. The second kappa shape index (κ2) is 8.28. The van der Waals surface area contributed by atoms with Crippen LogP contribution in [0.4, 0.5) is 0 Å². The smallest absolute Gasteiger partial charge is 0.155 e. The average Bonchev–Trinajstić information content (AvgIpc) is 3.01. The Hall–Kier alpha value is -1.67. The van der Waals surface area contributed by atoms with Crippen molar-refractivity contribution in [2.45, 2.75) is 84.7 Å². The number of hydrogen-bond donors (Lipinski definition) is 3. The molecule has 0 amide bonds. The average molecular weight is 440 g/mol. The van der Waals surface area contributed by atoms with Gasteiger partial charge in [0, 0.05) is 18.3 Å². The van der Waals surface area contributed by atoms with Gasteiger partial charge in [-0.05, 0) is 98.7 Å². The van der Waals surface area contributed by atoms with E-state index in [1.54, 1.807) is 0 Å². The third-order valence-electron chi connectivity index (χ3n) is 10.5. The minimum atomic E-state index is -0.496. The fraction of sp³-hybridized carbons (Fsp3) is 0.815. The standard InChI is InChI=1S/C27H41N3O2/c1-17-11-22-20-6-5-19-12-25(2,32)9-10-26(19,3)21(20)7-8-27(22,4)24(17)23(31)16-30-15-18(13-28)14-29/h13,15,17,19-22,24,28,30,32H,5-12,16H2,1-4H3/b18-15+,28-13?/t17-,19+,20-,21+,22+,24?,25-,26+,27+/m1/s1. The van der Waals surface area contributed by atoms with Crippen molar-refractivity contribution < 1.29 is 9.90 Å². The zero-order valence-corrected chi connectivity index (χ0v) is 20.3. The van der Waals surface area contributed by atoms with Gasteiger partial charge in [-0.15, -0.1) is 0 Å². The van der Waals surface area contributed by atoms with Crippen LogP contribution in [-0.4, -0.2) is 29.3 Å². The third-order valence-corrected chi connectivity index (χ3v) is 10.5. The molecule has 1 unspecified atom stereocenters. The van der Waals surface area contributed by atoms with E-state index < -0.39 is 5.60 Å². The number of carbonyl (C=O) groups is 1. The van der Waals surface area contributed by atoms with Crippen molar-refractivity contribution in [1.29, 1.82) is 10.7 Å². The SMILES string of the molecule is C[C@@H]1C[C@H]2[C@@H]3CC[C@H]4C[C@](C)(O)CC[C@]4(C)[C@H]3CC[C@]2(C)C1C(=O)CN/C=C(/C#N)C=N. The quantitative estimate of drug-likeness (QED) is 0.421. The van der Waals surface area contributed by atoms with E-state index >= 15 is 0 Å². The van der Waals surface area contributed by atoms with Crippen LogP contribution in [0.25, 0.3) is 0 Å². The maximum atomic E-state index is 13.3. The van der Waals surface area contributed by atoms with Crippen LogP contribution >= 0.6 is 0 Å². The number of Topliss-reactive ketones (excluding diaryl/α,β-unsaturated/α-hetero) is 1. The van der Waals surface area contributed by atoms with Crippen molar-refractivity contribution in [3.8, 4) is 6.07 Å². The molecule has 0 bridgehead atoms. The molecule has 0 spiro atoms. The number of rotatable bonds is 5. The lowest BCUT2D eigenvalue weighted by molar-refractivity contribution is -0.150. The molecule has 3 N–H and O–H groups in total. The second-order valence-corrected chi connectivity index (χ2v) is 12.3. The van der Waals surface area contributed by atoms with Crippen molar-refractivity contribution >= 4 is 12.0 Å². The Labute approximate surface area is 193 Å². The molecule has 0 aromatic rings. The number of hydrogen-bond acceptors (Lipinski definition) is 5. The van der Waals surface area contributed by atoms with Crippen LogP contribution < -0.4 is 5.32 Å². The molecule has 32 heavy (non-hydrogen) atoms. The molecule has 4 rings (SSSR count). The minimum absolute atomic E-state index is 0.0615. The van der Waals surface area contributed by atoms with E-state index in [1.807, 2.05) is 13.0 Å². The molecular weight excluding hydrogens is 398 g/mol. The number of allylic oxidation sites excluding steroid dienone is 1. The molecule has 0 aromatic heterocycles. The molecule has 4 aliphatic rings. The van der Waals surface area contributed by atoms with Crippen molar-refractivity contribution in [2.75, 3.05) is 6.54 Å². The first-order valence-corrected chi connectivity index (χ1v) is 12.6. The highest BCUT2D eigenvalue weighted by Gasteiger charge is 2.63. The van der Waals surface area contributed by atoms with Gasteiger partial charge in [-0.2, -0.15) is 5.26 Å². The predicted molar refractivity (Wildman–Crippen MR) is 126 cm³/mol. The molecule has 4 fully saturated rings. The molecule has 4 aliphatic carbocycles. The summed E-state index contributed by atoms with van der Waals surface area (Å²) in [6.07, 6.45) is 11.5. The second-order valence-electron chi connectivity index (χ2n) is 12.3. The van der Waals surface area contributed by atoms with Gasteiger partial charge in [-0.3, -0.25) is 4.79 Å². The van der Waals surface area contributed by atoms with E-state index in [2.05, 4.69) is 26.1 Å². The zero-order chi connectivity index (χ0) is 23.3. The predicted octanol–water partition coefficient (Wildman–Crippen LogP) is 4.86. The molecule has 4 saturated carbocycles. The molecule has 9 atom stereocenters. The highest BCUT2D eigenvalue weighted by molar-refractivity contribution is 5.85. The Bertz CT molecular complexity index is 842. The van der Waals surface area contributed by atoms with Crippen LogP contribution in [0.5, 0.6) is 0 Å². The molecule has 0 aromatic carbocycles. The molecule has 0 saturated heterocycles. The van der Waals surface area contributed by atoms with Crippen molar-refractivity contribution in [2.24, 2.45) is 46.3 Å². The first-order valence-electron chi connectivity index (χ1n) is 12.6. The topological polar surface area (TPSA) is 97.0 Å². The van der Waals surface area contributed by atoms with Gasteiger partial charge in [-0.25, -0.2) is 0 Å². The minimum Gasteiger partial charge on any atom is -0.390 e. The molecule has 176 valence electrons. The Morgan fingerprint density at radius 2 is 1.91 bits per heavy atom. The monoisotopic (exact) mass is 439 g/mol. The molecule has 0 aliphatic heterocycles. The lowest BCUT2D eigenvalue weighted by Crippen LogP contribution is -2.55. The maximum absolute atomic E-state index is 13.3. The summed E-state index contributed by atoms with van der Waals surface area (Å²) in [5.74, 6) is 3.38. The number of nitriles is 1. The summed E-state index contributed by atoms with van der Waals surface area (Å²) in [4.78, 5) is 13.3. The van der Waals surface area contributed by atoms with Crippen LogP contribution in [-0.2, 0) is 4.79 Å². The third kappa shape index (κ3) is 3.73. The van der Waals surface area contributed by atoms with Crippen molar-refractivity contribution in [1.82, 2.24) is 5.32 Å². The van der Waals surface area contributed by atoms with Crippen LogP contribution in [0.2, 0.25) is 0 Å². The van der Waals surface area contributed by atoms with Crippen molar-refractivity contribution in [3.05, 3.63) is 11.8 Å². The summed E-state index contributed by atoms with van der Waals surface area (Å²) >= 11 is 0. The van der Waals surface area contributed by atoms with Gasteiger partial charge < -0.3 is 15.8 Å². The fourth-order valence-corrected chi connectivity index (χ4v) is 8.96. The Kier molecular flexibility index (Phi) is 6.07. The van der Waals surface area contributed by atoms with E-state index in [-0.39, 0.29) is 29.2 Å². The summed E-state index contributed by atoms with van der Waals surface area (Å²) < 4.78 is 0. The first-order chi connectivity index (χ1) is 15.1. The van der Waals surface area contributed by atoms with Gasteiger partial charge in [0.2, 0.25) is 0 Å². The molecule has 0 heterocycles. The molecule has 5 nitrogen and oxygen atoms in total. The number of aliphatic hydroxyl groups is 1. The number of ketones is 1. The summed E-state index contributed by atoms with van der Waals surface area (Å²) in [6.45, 7) is 9.42. The maximum Gasteiger partial charge on any atom is 0.155 e. The largest absolute Gasteiger partial charge is 0.390 e. The van der Waals surface area contributed by atoms with Gasteiger partial charge in [0.15, 0.2) is 5.78 Å². The lowest BCUT2D eigenvalue weighted by atomic mass is 9.44. The van der Waals surface area contributed by atoms with Crippen LogP contribution in [0.15, 0.2) is 11.8 Å². The highest BCUT2D eigenvalue weighted by atomic mass is 16.3. The van der Waals surface area contributed by atoms with Gasteiger partial charge in [0.1, 0.15) is 6.07 Å². The Balaban J connectivity index is 1.51. The summed E-state index contributed by atoms with van der Waals surface area (Å²) in [7, 11) is 0. The van der Waals surface area contributed by atoms with E-state index in [4.69, 9.17) is 10.7 Å². The van der Waals surface area contributed by atoms with E-state index in [1.165, 1.54) is 25.5 Å². The number of nitrogens with zero attached hydrogens (tertiary/aromatic N) is 1. The van der Waals surface area contributed by atoms with E-state index in [0.29, 0.717) is 29.1 Å². The Morgan fingerprint density at radius 3 is 2.59 bits per heavy atom. The van der Waals surface area contributed by atoms with Crippen molar-refractivity contribution in [3.63, 3.8) is 0 Å². The van der Waals surface area contributed by atoms with E-state index in [0.717, 1.165) is 44.2 Å². The van der Waals surface area contributed by atoms with E-state index in [9.17, 15) is 9.90 Å². The van der Waals surface area contributed by atoms with Crippen LogP contribution in [0, 0.1) is 63.1 Å². The number of carbonyl (C=O) groups excluding carboxylic acids is 1. The summed E-state index contributed by atoms with van der Waals surface area (Å²) in [5.41, 5.74) is 0.138. The Morgan fingerprint density at radius 1 is 1.16 bits per heavy atom. The van der Waals surface area contributed by atoms with Gasteiger partial charge in [0.05, 0.1) is 17.7 Å². The van der Waals surface area contributed by atoms with Gasteiger partial charge >= 0.3 is 0 Å². The first kappa shape index (κ1) is 23.5. The van der Waals surface area contributed by atoms with Crippen LogP contribution in [0.1, 0.15) is 79.1 Å². The van der Waals surface area contributed by atoms with Crippen LogP contribution in [0.3, 0.4) is 0 Å². The highest BCUT2D eigenvalue weighted by Crippen LogP contribution is 2.68. The summed E-state index contributed by atoms with van der Waals surface area (Å²) in [6, 6.07) is 1.95. The molecule has 5 heteroatoms. The molecular formula is C27H41N3O2. The zero-order valence-electron chi connectivity index (χ0n) is 20.3. The number of nitrogens with one attached hydrogen (secondary N) is 2.